The van der Waals surface area contributed by atoms with Gasteiger partial charge in [-0.1, -0.05) is 42.5 Å². The van der Waals surface area contributed by atoms with Gasteiger partial charge in [-0.2, -0.15) is 0 Å². The lowest BCUT2D eigenvalue weighted by atomic mass is 10.0. The number of hydrogen-bond donors (Lipinski definition) is 1. The van der Waals surface area contributed by atoms with Gasteiger partial charge >= 0.3 is 0 Å². The minimum absolute atomic E-state index is 0.0354. The molecule has 3 nitrogen and oxygen atoms in total. The van der Waals surface area contributed by atoms with Crippen molar-refractivity contribution in [3.63, 3.8) is 0 Å². The Morgan fingerprint density at radius 1 is 1.09 bits per heavy atom. The van der Waals surface area contributed by atoms with Crippen LogP contribution < -0.4 is 5.73 Å². The summed E-state index contributed by atoms with van der Waals surface area (Å²) in [5.41, 5.74) is 8.08. The zero-order chi connectivity index (χ0) is 16.8. The predicted octanol–water partition coefficient (Wildman–Crippen LogP) is 3.83. The van der Waals surface area contributed by atoms with Crippen LogP contribution in [-0.2, 0) is 4.79 Å². The molecular weight excluding hydrogens is 291 g/mol. The number of amides is 1. The molecule has 1 amide bonds. The van der Waals surface area contributed by atoms with Gasteiger partial charge in [-0.15, -0.1) is 0 Å². The molecule has 0 aliphatic heterocycles. The fourth-order valence-electron chi connectivity index (χ4n) is 2.50. The van der Waals surface area contributed by atoms with E-state index in [2.05, 4.69) is 0 Å². The Morgan fingerprint density at radius 3 is 2.30 bits per heavy atom. The number of carbonyl (C=O) groups excluding carboxylic acids is 1. The van der Waals surface area contributed by atoms with Crippen LogP contribution in [0.3, 0.4) is 0 Å². The first kappa shape index (κ1) is 17.2. The van der Waals surface area contributed by atoms with E-state index >= 15 is 0 Å². The van der Waals surface area contributed by atoms with Crippen molar-refractivity contribution in [2.24, 2.45) is 5.73 Å². The third-order valence-electron chi connectivity index (χ3n) is 4.22. The summed E-state index contributed by atoms with van der Waals surface area (Å²) in [5.74, 6) is -0.239. The molecule has 23 heavy (non-hydrogen) atoms. The third-order valence-corrected chi connectivity index (χ3v) is 4.22. The van der Waals surface area contributed by atoms with Crippen LogP contribution in [0.2, 0.25) is 0 Å². The van der Waals surface area contributed by atoms with E-state index in [0.717, 1.165) is 11.1 Å². The molecule has 2 aromatic rings. The first-order valence-corrected chi connectivity index (χ1v) is 7.80. The average Bonchev–Trinajstić information content (AvgIpc) is 2.59. The lowest BCUT2D eigenvalue weighted by molar-refractivity contribution is -0.132. The SMILES string of the molecule is C[C@@H](c1ccc(F)cc1)N(C)C(=O)CC[C@H](N)c1ccccc1. The molecule has 0 radical (unpaired) electrons. The van der Waals surface area contributed by atoms with Crippen LogP contribution in [0.1, 0.15) is 43.0 Å². The molecule has 2 atom stereocenters. The smallest absolute Gasteiger partial charge is 0.222 e. The molecule has 4 heteroatoms. The van der Waals surface area contributed by atoms with Gasteiger partial charge in [-0.05, 0) is 36.6 Å². The standard InChI is InChI=1S/C19H23FN2O/c1-14(15-8-10-17(20)11-9-15)22(2)19(23)13-12-18(21)16-6-4-3-5-7-16/h3-11,14,18H,12-13,21H2,1-2H3/t14-,18-/m0/s1. The Morgan fingerprint density at radius 2 is 1.70 bits per heavy atom. The van der Waals surface area contributed by atoms with Crippen molar-refractivity contribution in [1.82, 2.24) is 4.90 Å². The molecule has 0 aromatic heterocycles. The Labute approximate surface area is 136 Å². The summed E-state index contributed by atoms with van der Waals surface area (Å²) in [6.07, 6.45) is 0.988. The summed E-state index contributed by atoms with van der Waals surface area (Å²) < 4.78 is 13.0. The molecule has 122 valence electrons. The Hall–Kier alpha value is -2.20. The zero-order valence-electron chi connectivity index (χ0n) is 13.6. The number of nitrogens with two attached hydrogens (primary N) is 1. The molecule has 0 bridgehead atoms. The molecule has 0 spiro atoms. The summed E-state index contributed by atoms with van der Waals surface area (Å²) in [4.78, 5) is 14.0. The van der Waals surface area contributed by atoms with Crippen molar-refractivity contribution < 1.29 is 9.18 Å². The van der Waals surface area contributed by atoms with Crippen molar-refractivity contribution in [2.75, 3.05) is 7.05 Å². The van der Waals surface area contributed by atoms with Crippen molar-refractivity contribution in [2.45, 2.75) is 31.8 Å². The van der Waals surface area contributed by atoms with Gasteiger partial charge in [0.25, 0.3) is 0 Å². The zero-order valence-corrected chi connectivity index (χ0v) is 13.6. The molecule has 0 aliphatic rings. The number of hydrogen-bond acceptors (Lipinski definition) is 2. The van der Waals surface area contributed by atoms with Gasteiger partial charge in [-0.3, -0.25) is 4.79 Å². The second kappa shape index (κ2) is 7.88. The van der Waals surface area contributed by atoms with Crippen molar-refractivity contribution in [3.05, 3.63) is 71.5 Å². The number of carbonyl (C=O) groups is 1. The van der Waals surface area contributed by atoms with Crippen molar-refractivity contribution >= 4 is 5.91 Å². The maximum Gasteiger partial charge on any atom is 0.222 e. The van der Waals surface area contributed by atoms with E-state index in [-0.39, 0.29) is 23.8 Å². The van der Waals surface area contributed by atoms with Gasteiger partial charge in [0, 0.05) is 19.5 Å². The van der Waals surface area contributed by atoms with Gasteiger partial charge in [0.2, 0.25) is 5.91 Å². The van der Waals surface area contributed by atoms with Gasteiger partial charge in [0.1, 0.15) is 5.82 Å². The molecule has 0 heterocycles. The van der Waals surface area contributed by atoms with Crippen LogP contribution in [0.5, 0.6) is 0 Å². The monoisotopic (exact) mass is 314 g/mol. The molecule has 0 saturated heterocycles. The highest BCUT2D eigenvalue weighted by Crippen LogP contribution is 2.21. The summed E-state index contributed by atoms with van der Waals surface area (Å²) in [7, 11) is 1.77. The van der Waals surface area contributed by atoms with Crippen molar-refractivity contribution in [3.8, 4) is 0 Å². The number of rotatable bonds is 6. The van der Waals surface area contributed by atoms with Crippen LogP contribution in [0.4, 0.5) is 4.39 Å². The van der Waals surface area contributed by atoms with Crippen LogP contribution in [0.15, 0.2) is 54.6 Å². The van der Waals surface area contributed by atoms with Crippen LogP contribution in [0, 0.1) is 5.82 Å². The molecular formula is C19H23FN2O. The lowest BCUT2D eigenvalue weighted by Gasteiger charge is -2.26. The van der Waals surface area contributed by atoms with Gasteiger partial charge < -0.3 is 10.6 Å². The first-order chi connectivity index (χ1) is 11.0. The third kappa shape index (κ3) is 4.63. The Bertz CT molecular complexity index is 628. The number of halogens is 1. The van der Waals surface area contributed by atoms with E-state index in [0.29, 0.717) is 12.8 Å². The van der Waals surface area contributed by atoms with Crippen molar-refractivity contribution in [1.29, 1.82) is 0 Å². The van der Waals surface area contributed by atoms with E-state index in [1.807, 2.05) is 37.3 Å². The molecule has 0 aliphatic carbocycles. The first-order valence-electron chi connectivity index (χ1n) is 7.80. The summed E-state index contributed by atoms with van der Waals surface area (Å²) in [6, 6.07) is 15.8. The fourth-order valence-corrected chi connectivity index (χ4v) is 2.50. The number of nitrogens with zero attached hydrogens (tertiary/aromatic N) is 1. The van der Waals surface area contributed by atoms with Gasteiger partial charge in [0.05, 0.1) is 6.04 Å². The maximum absolute atomic E-state index is 13.0. The van der Waals surface area contributed by atoms with Crippen LogP contribution in [0.25, 0.3) is 0 Å². The van der Waals surface area contributed by atoms with E-state index < -0.39 is 0 Å². The lowest BCUT2D eigenvalue weighted by Crippen LogP contribution is -2.30. The van der Waals surface area contributed by atoms with E-state index in [9.17, 15) is 9.18 Å². The highest BCUT2D eigenvalue weighted by molar-refractivity contribution is 5.76. The Kier molecular flexibility index (Phi) is 5.88. The minimum atomic E-state index is -0.274. The van der Waals surface area contributed by atoms with Crippen LogP contribution in [-0.4, -0.2) is 17.9 Å². The molecule has 2 rings (SSSR count). The minimum Gasteiger partial charge on any atom is -0.339 e. The Balaban J connectivity index is 1.90. The average molecular weight is 314 g/mol. The van der Waals surface area contributed by atoms with E-state index in [1.54, 1.807) is 24.1 Å². The second-order valence-corrected chi connectivity index (χ2v) is 5.79. The van der Waals surface area contributed by atoms with Gasteiger partial charge in [0.15, 0.2) is 0 Å². The molecule has 0 unspecified atom stereocenters. The topological polar surface area (TPSA) is 46.3 Å². The molecule has 0 fully saturated rings. The second-order valence-electron chi connectivity index (χ2n) is 5.79. The summed E-state index contributed by atoms with van der Waals surface area (Å²) >= 11 is 0. The molecule has 2 aromatic carbocycles. The highest BCUT2D eigenvalue weighted by atomic mass is 19.1. The summed E-state index contributed by atoms with van der Waals surface area (Å²) in [5, 5.41) is 0. The maximum atomic E-state index is 13.0. The normalized spacial score (nSPS) is 13.4. The molecule has 2 N–H and O–H groups in total. The largest absolute Gasteiger partial charge is 0.339 e. The molecule has 0 saturated carbocycles. The predicted molar refractivity (Wildman–Crippen MR) is 90.2 cm³/mol. The number of benzene rings is 2. The quantitative estimate of drug-likeness (QED) is 0.881. The van der Waals surface area contributed by atoms with Gasteiger partial charge in [-0.25, -0.2) is 4.39 Å². The highest BCUT2D eigenvalue weighted by Gasteiger charge is 2.18. The van der Waals surface area contributed by atoms with E-state index in [4.69, 9.17) is 5.73 Å². The van der Waals surface area contributed by atoms with E-state index in [1.165, 1.54) is 12.1 Å². The fraction of sp³-hybridized carbons (Fsp3) is 0.316. The summed E-state index contributed by atoms with van der Waals surface area (Å²) in [6.45, 7) is 1.93. The van der Waals surface area contributed by atoms with Crippen LogP contribution >= 0.6 is 0 Å².